The predicted octanol–water partition coefficient (Wildman–Crippen LogP) is 3.40. The summed E-state index contributed by atoms with van der Waals surface area (Å²) in [7, 11) is -3.71. The third kappa shape index (κ3) is 3.36. The fourth-order valence-electron chi connectivity index (χ4n) is 2.40. The Kier molecular flexibility index (Phi) is 4.45. The van der Waals surface area contributed by atoms with Gasteiger partial charge in [0.05, 0.1) is 10.6 Å². The summed E-state index contributed by atoms with van der Waals surface area (Å²) < 4.78 is 24.8. The van der Waals surface area contributed by atoms with Crippen LogP contribution in [0, 0.1) is 0 Å². The van der Waals surface area contributed by atoms with Crippen LogP contribution in [0.3, 0.4) is 0 Å². The molecule has 0 fully saturated rings. The molecule has 1 heterocycles. The lowest BCUT2D eigenvalue weighted by molar-refractivity contribution is 0.598. The highest BCUT2D eigenvalue weighted by Crippen LogP contribution is 2.25. The summed E-state index contributed by atoms with van der Waals surface area (Å²) in [4.78, 5) is 4.71. The Morgan fingerprint density at radius 1 is 1.08 bits per heavy atom. The van der Waals surface area contributed by atoms with Gasteiger partial charge in [-0.2, -0.15) is 0 Å². The second kappa shape index (κ2) is 6.39. The third-order valence-electron chi connectivity index (χ3n) is 3.66. The van der Waals surface area contributed by atoms with Crippen molar-refractivity contribution in [3.63, 3.8) is 0 Å². The normalized spacial score (nSPS) is 11.6. The number of benzene rings is 2. The van der Waals surface area contributed by atoms with Crippen LogP contribution in [0.5, 0.6) is 0 Å². The molecule has 124 valence electrons. The lowest BCUT2D eigenvalue weighted by Gasteiger charge is -2.08. The van der Waals surface area contributed by atoms with E-state index in [1.165, 1.54) is 12.1 Å². The molecule has 5 nitrogen and oxygen atoms in total. The summed E-state index contributed by atoms with van der Waals surface area (Å²) in [6.45, 7) is 2.03. The van der Waals surface area contributed by atoms with E-state index >= 15 is 0 Å². The molecular weight excluding hydrogens is 346 g/mol. The molecule has 0 amide bonds. The van der Waals surface area contributed by atoms with Crippen LogP contribution in [0.4, 0.5) is 0 Å². The molecule has 3 aromatic rings. The molecule has 0 saturated carbocycles. The fourth-order valence-corrected chi connectivity index (χ4v) is 3.04. The van der Waals surface area contributed by atoms with Crippen molar-refractivity contribution in [2.75, 3.05) is 0 Å². The van der Waals surface area contributed by atoms with E-state index in [0.29, 0.717) is 5.02 Å². The van der Waals surface area contributed by atoms with Crippen LogP contribution in [0.15, 0.2) is 59.6 Å². The Morgan fingerprint density at radius 3 is 2.25 bits per heavy atom. The lowest BCUT2D eigenvalue weighted by atomic mass is 10.2. The number of nitrogens with two attached hydrogens (primary N) is 1. The zero-order valence-electron chi connectivity index (χ0n) is 13.0. The van der Waals surface area contributed by atoms with E-state index < -0.39 is 10.0 Å². The molecule has 1 aromatic heterocycles. The maximum Gasteiger partial charge on any atom is 0.238 e. The minimum absolute atomic E-state index is 0.0755. The number of rotatable bonds is 4. The summed E-state index contributed by atoms with van der Waals surface area (Å²) in [5.74, 6) is 0.732. The van der Waals surface area contributed by atoms with E-state index in [0.717, 1.165) is 29.2 Å². The Bertz CT molecular complexity index is 962. The molecule has 2 N–H and O–H groups in total. The van der Waals surface area contributed by atoms with E-state index in [2.05, 4.69) is 4.98 Å². The number of aryl methyl sites for hydroxylation is 1. The van der Waals surface area contributed by atoms with Crippen LogP contribution < -0.4 is 5.14 Å². The van der Waals surface area contributed by atoms with E-state index in [1.807, 2.05) is 42.0 Å². The number of nitrogens with zero attached hydrogens (tertiary/aromatic N) is 2. The van der Waals surface area contributed by atoms with Gasteiger partial charge in [0, 0.05) is 22.5 Å². The summed E-state index contributed by atoms with van der Waals surface area (Å²) in [6, 6.07) is 13.8. The first-order valence-corrected chi connectivity index (χ1v) is 9.28. The number of halogens is 1. The van der Waals surface area contributed by atoms with Crippen molar-refractivity contribution in [1.82, 2.24) is 9.55 Å². The molecular formula is C17H16ClN3O2S. The van der Waals surface area contributed by atoms with Gasteiger partial charge in [0.25, 0.3) is 0 Å². The fraction of sp³-hybridized carbons (Fsp3) is 0.118. The average Bonchev–Trinajstić information content (AvgIpc) is 2.99. The van der Waals surface area contributed by atoms with Gasteiger partial charge in [-0.25, -0.2) is 18.5 Å². The Hall–Kier alpha value is -2.15. The molecule has 0 bridgehead atoms. The van der Waals surface area contributed by atoms with Gasteiger partial charge in [-0.05, 0) is 55.0 Å². The van der Waals surface area contributed by atoms with E-state index in [1.54, 1.807) is 12.1 Å². The van der Waals surface area contributed by atoms with Crippen molar-refractivity contribution in [2.24, 2.45) is 5.14 Å². The smallest absolute Gasteiger partial charge is 0.238 e. The minimum atomic E-state index is -3.71. The van der Waals surface area contributed by atoms with E-state index in [-0.39, 0.29) is 4.90 Å². The molecule has 0 spiro atoms. The standard InChI is InChI=1S/C17H16ClN3O2S/c1-2-14-11-21(15-7-5-13(18)6-8-15)17(20-14)12-3-9-16(10-4-12)24(19,22)23/h3-11H,2H2,1H3,(H2,19,22,23). The molecule has 0 saturated heterocycles. The van der Waals surface area contributed by atoms with Crippen LogP contribution >= 0.6 is 11.6 Å². The quantitative estimate of drug-likeness (QED) is 0.773. The first-order valence-electron chi connectivity index (χ1n) is 7.36. The zero-order valence-corrected chi connectivity index (χ0v) is 14.6. The van der Waals surface area contributed by atoms with Gasteiger partial charge in [-0.1, -0.05) is 18.5 Å². The highest BCUT2D eigenvalue weighted by atomic mass is 35.5. The number of sulfonamides is 1. The van der Waals surface area contributed by atoms with Gasteiger partial charge in [-0.15, -0.1) is 0 Å². The van der Waals surface area contributed by atoms with Crippen molar-refractivity contribution >= 4 is 21.6 Å². The Balaban J connectivity index is 2.10. The monoisotopic (exact) mass is 361 g/mol. The summed E-state index contributed by atoms with van der Waals surface area (Å²) in [5.41, 5.74) is 2.67. The molecule has 3 rings (SSSR count). The molecule has 0 aliphatic heterocycles. The van der Waals surface area contributed by atoms with Gasteiger partial charge < -0.3 is 0 Å². The van der Waals surface area contributed by atoms with Gasteiger partial charge in [-0.3, -0.25) is 4.57 Å². The number of aromatic nitrogens is 2. The molecule has 24 heavy (non-hydrogen) atoms. The van der Waals surface area contributed by atoms with Crippen LogP contribution in [-0.2, 0) is 16.4 Å². The molecule has 0 unspecified atom stereocenters. The van der Waals surface area contributed by atoms with Crippen molar-refractivity contribution < 1.29 is 8.42 Å². The molecule has 2 aromatic carbocycles. The molecule has 0 radical (unpaired) electrons. The highest BCUT2D eigenvalue weighted by Gasteiger charge is 2.13. The lowest BCUT2D eigenvalue weighted by Crippen LogP contribution is -2.11. The van der Waals surface area contributed by atoms with E-state index in [4.69, 9.17) is 16.7 Å². The van der Waals surface area contributed by atoms with Gasteiger partial charge in [0.1, 0.15) is 5.82 Å². The van der Waals surface area contributed by atoms with Crippen molar-refractivity contribution in [2.45, 2.75) is 18.2 Å². The van der Waals surface area contributed by atoms with Crippen molar-refractivity contribution in [3.05, 3.63) is 65.4 Å². The number of hydrogen-bond acceptors (Lipinski definition) is 3. The molecule has 0 atom stereocenters. The van der Waals surface area contributed by atoms with Crippen LogP contribution in [0.25, 0.3) is 17.1 Å². The number of imidazole rings is 1. The zero-order chi connectivity index (χ0) is 17.3. The van der Waals surface area contributed by atoms with Crippen LogP contribution in [0.2, 0.25) is 5.02 Å². The Labute approximate surface area is 145 Å². The second-order valence-electron chi connectivity index (χ2n) is 5.33. The summed E-state index contributed by atoms with van der Waals surface area (Å²) in [5, 5.41) is 5.81. The van der Waals surface area contributed by atoms with Gasteiger partial charge in [0.15, 0.2) is 0 Å². The topological polar surface area (TPSA) is 78.0 Å². The largest absolute Gasteiger partial charge is 0.300 e. The molecule has 7 heteroatoms. The summed E-state index contributed by atoms with van der Waals surface area (Å²) >= 11 is 5.95. The van der Waals surface area contributed by atoms with Crippen LogP contribution in [-0.4, -0.2) is 18.0 Å². The van der Waals surface area contributed by atoms with Gasteiger partial charge >= 0.3 is 0 Å². The first kappa shape index (κ1) is 16.7. The predicted molar refractivity (Wildman–Crippen MR) is 94.8 cm³/mol. The highest BCUT2D eigenvalue weighted by molar-refractivity contribution is 7.89. The molecule has 0 aliphatic carbocycles. The molecule has 0 aliphatic rings. The third-order valence-corrected chi connectivity index (χ3v) is 4.85. The van der Waals surface area contributed by atoms with Crippen LogP contribution in [0.1, 0.15) is 12.6 Å². The average molecular weight is 362 g/mol. The maximum absolute atomic E-state index is 11.4. The van der Waals surface area contributed by atoms with Gasteiger partial charge in [0.2, 0.25) is 10.0 Å². The maximum atomic E-state index is 11.4. The first-order chi connectivity index (χ1) is 11.4. The summed E-state index contributed by atoms with van der Waals surface area (Å²) in [6.07, 6.45) is 2.76. The van der Waals surface area contributed by atoms with Crippen molar-refractivity contribution in [1.29, 1.82) is 0 Å². The van der Waals surface area contributed by atoms with Crippen molar-refractivity contribution in [3.8, 4) is 17.1 Å². The van der Waals surface area contributed by atoms with E-state index in [9.17, 15) is 8.42 Å². The number of primary sulfonamides is 1. The minimum Gasteiger partial charge on any atom is -0.300 e. The second-order valence-corrected chi connectivity index (χ2v) is 7.32. The number of hydrogen-bond donors (Lipinski definition) is 1. The Morgan fingerprint density at radius 2 is 1.71 bits per heavy atom. The SMILES string of the molecule is CCc1cn(-c2ccc(Cl)cc2)c(-c2ccc(S(N)(=O)=O)cc2)n1.